The standard InChI is InChI=1S/C16H23NO4S/c1-21-15-4-2-13(3-5-15)6-9-17-16(18)12-14-7-10-22(19,20)11-8-14/h2-5,14H,6-12H2,1H3,(H,17,18). The number of carbonyl (C=O) groups excluding carboxylic acids is 1. The molecule has 1 aromatic carbocycles. The number of carbonyl (C=O) groups is 1. The molecule has 1 aliphatic heterocycles. The van der Waals surface area contributed by atoms with Crippen LogP contribution in [0.15, 0.2) is 24.3 Å². The highest BCUT2D eigenvalue weighted by molar-refractivity contribution is 7.91. The minimum absolute atomic E-state index is 0.0119. The molecule has 1 amide bonds. The SMILES string of the molecule is COc1ccc(CCNC(=O)CC2CCS(=O)(=O)CC2)cc1. The maximum atomic E-state index is 11.9. The lowest BCUT2D eigenvalue weighted by Crippen LogP contribution is -2.31. The van der Waals surface area contributed by atoms with Gasteiger partial charge in [0.1, 0.15) is 15.6 Å². The van der Waals surface area contributed by atoms with Gasteiger partial charge in [0.05, 0.1) is 18.6 Å². The van der Waals surface area contributed by atoms with Gasteiger partial charge in [-0.05, 0) is 42.9 Å². The topological polar surface area (TPSA) is 72.5 Å². The van der Waals surface area contributed by atoms with Crippen LogP contribution >= 0.6 is 0 Å². The predicted octanol–water partition coefficient (Wildman–Crippen LogP) is 1.57. The van der Waals surface area contributed by atoms with Crippen molar-refractivity contribution in [1.82, 2.24) is 5.32 Å². The Hall–Kier alpha value is -1.56. The van der Waals surface area contributed by atoms with Crippen molar-refractivity contribution in [3.05, 3.63) is 29.8 Å². The maximum Gasteiger partial charge on any atom is 0.220 e. The van der Waals surface area contributed by atoms with Crippen LogP contribution in [0.5, 0.6) is 5.75 Å². The van der Waals surface area contributed by atoms with Crippen molar-refractivity contribution in [3.63, 3.8) is 0 Å². The molecular weight excluding hydrogens is 302 g/mol. The second-order valence-electron chi connectivity index (χ2n) is 5.75. The molecule has 0 radical (unpaired) electrons. The molecule has 2 rings (SSSR count). The number of rotatable bonds is 6. The van der Waals surface area contributed by atoms with Crippen LogP contribution in [0.2, 0.25) is 0 Å². The zero-order chi connectivity index (χ0) is 16.0. The highest BCUT2D eigenvalue weighted by Gasteiger charge is 2.25. The van der Waals surface area contributed by atoms with Gasteiger partial charge in [0.25, 0.3) is 0 Å². The zero-order valence-electron chi connectivity index (χ0n) is 12.9. The molecule has 1 heterocycles. The van der Waals surface area contributed by atoms with Crippen LogP contribution in [0.3, 0.4) is 0 Å². The van der Waals surface area contributed by atoms with E-state index in [4.69, 9.17) is 4.74 Å². The predicted molar refractivity (Wildman–Crippen MR) is 85.7 cm³/mol. The largest absolute Gasteiger partial charge is 0.497 e. The summed E-state index contributed by atoms with van der Waals surface area (Å²) in [6.07, 6.45) is 2.41. The summed E-state index contributed by atoms with van der Waals surface area (Å²) in [5, 5.41) is 2.91. The van der Waals surface area contributed by atoms with Gasteiger partial charge in [-0.3, -0.25) is 4.79 Å². The molecule has 6 heteroatoms. The molecule has 1 N–H and O–H groups in total. The summed E-state index contributed by atoms with van der Waals surface area (Å²) in [6, 6.07) is 7.77. The number of ether oxygens (including phenoxy) is 1. The van der Waals surface area contributed by atoms with E-state index in [-0.39, 0.29) is 23.3 Å². The van der Waals surface area contributed by atoms with Gasteiger partial charge in [0, 0.05) is 13.0 Å². The van der Waals surface area contributed by atoms with E-state index in [0.29, 0.717) is 25.8 Å². The van der Waals surface area contributed by atoms with Crippen molar-refractivity contribution in [2.75, 3.05) is 25.2 Å². The van der Waals surface area contributed by atoms with Crippen LogP contribution in [0, 0.1) is 5.92 Å². The first-order valence-corrected chi connectivity index (χ1v) is 9.41. The van der Waals surface area contributed by atoms with Gasteiger partial charge in [-0.25, -0.2) is 8.42 Å². The lowest BCUT2D eigenvalue weighted by molar-refractivity contribution is -0.122. The third kappa shape index (κ3) is 5.33. The molecule has 0 unspecified atom stereocenters. The van der Waals surface area contributed by atoms with E-state index in [1.165, 1.54) is 0 Å². The van der Waals surface area contributed by atoms with Crippen molar-refractivity contribution in [2.45, 2.75) is 25.7 Å². The van der Waals surface area contributed by atoms with Crippen molar-refractivity contribution in [1.29, 1.82) is 0 Å². The van der Waals surface area contributed by atoms with Crippen molar-refractivity contribution in [3.8, 4) is 5.75 Å². The number of sulfone groups is 1. The summed E-state index contributed by atoms with van der Waals surface area (Å²) in [7, 11) is -1.22. The molecule has 0 bridgehead atoms. The van der Waals surface area contributed by atoms with E-state index in [1.54, 1.807) is 7.11 Å². The second-order valence-corrected chi connectivity index (χ2v) is 8.05. The van der Waals surface area contributed by atoms with Crippen LogP contribution in [-0.4, -0.2) is 39.5 Å². The zero-order valence-corrected chi connectivity index (χ0v) is 13.7. The van der Waals surface area contributed by atoms with Gasteiger partial charge in [0.15, 0.2) is 0 Å². The number of hydrogen-bond acceptors (Lipinski definition) is 4. The average Bonchev–Trinajstić information content (AvgIpc) is 2.50. The number of nitrogens with one attached hydrogen (secondary N) is 1. The molecule has 0 atom stereocenters. The van der Waals surface area contributed by atoms with Gasteiger partial charge < -0.3 is 10.1 Å². The van der Waals surface area contributed by atoms with Crippen LogP contribution in [0.25, 0.3) is 0 Å². The molecule has 1 aliphatic rings. The molecular formula is C16H23NO4S. The molecule has 1 fully saturated rings. The number of methoxy groups -OCH3 is 1. The molecule has 0 aromatic heterocycles. The summed E-state index contributed by atoms with van der Waals surface area (Å²) in [4.78, 5) is 11.9. The third-order valence-corrected chi connectivity index (χ3v) is 5.76. The first-order chi connectivity index (χ1) is 10.5. The fraction of sp³-hybridized carbons (Fsp3) is 0.562. The summed E-state index contributed by atoms with van der Waals surface area (Å²) < 4.78 is 27.8. The van der Waals surface area contributed by atoms with Crippen LogP contribution in [0.4, 0.5) is 0 Å². The third-order valence-electron chi connectivity index (χ3n) is 4.04. The van der Waals surface area contributed by atoms with Gasteiger partial charge in [0.2, 0.25) is 5.91 Å². The molecule has 0 saturated carbocycles. The monoisotopic (exact) mass is 325 g/mol. The van der Waals surface area contributed by atoms with E-state index in [1.807, 2.05) is 24.3 Å². The van der Waals surface area contributed by atoms with Gasteiger partial charge in [-0.15, -0.1) is 0 Å². The summed E-state index contributed by atoms with van der Waals surface area (Å²) in [5.74, 6) is 1.47. The van der Waals surface area contributed by atoms with Crippen molar-refractivity contribution >= 4 is 15.7 Å². The smallest absolute Gasteiger partial charge is 0.220 e. The minimum atomic E-state index is -2.85. The Kier molecular flexibility index (Phi) is 5.83. The Morgan fingerprint density at radius 1 is 1.23 bits per heavy atom. The van der Waals surface area contributed by atoms with Crippen LogP contribution in [0.1, 0.15) is 24.8 Å². The number of hydrogen-bond donors (Lipinski definition) is 1. The lowest BCUT2D eigenvalue weighted by atomic mass is 9.98. The summed E-state index contributed by atoms with van der Waals surface area (Å²) >= 11 is 0. The highest BCUT2D eigenvalue weighted by Crippen LogP contribution is 2.21. The lowest BCUT2D eigenvalue weighted by Gasteiger charge is -2.21. The normalized spacial score (nSPS) is 17.9. The number of amides is 1. The number of benzene rings is 1. The summed E-state index contributed by atoms with van der Waals surface area (Å²) in [6.45, 7) is 0.593. The minimum Gasteiger partial charge on any atom is -0.497 e. The van der Waals surface area contributed by atoms with E-state index in [9.17, 15) is 13.2 Å². The Labute approximate surface area is 132 Å². The van der Waals surface area contributed by atoms with Crippen molar-refractivity contribution in [2.24, 2.45) is 5.92 Å². The van der Waals surface area contributed by atoms with E-state index >= 15 is 0 Å². The second kappa shape index (κ2) is 7.63. The quantitative estimate of drug-likeness (QED) is 0.862. The molecule has 122 valence electrons. The van der Waals surface area contributed by atoms with E-state index < -0.39 is 9.84 Å². The van der Waals surface area contributed by atoms with Crippen LogP contribution in [-0.2, 0) is 21.1 Å². The van der Waals surface area contributed by atoms with Gasteiger partial charge >= 0.3 is 0 Å². The molecule has 22 heavy (non-hydrogen) atoms. The first-order valence-electron chi connectivity index (χ1n) is 7.58. The molecule has 1 saturated heterocycles. The van der Waals surface area contributed by atoms with Gasteiger partial charge in [-0.2, -0.15) is 0 Å². The fourth-order valence-corrected chi connectivity index (χ4v) is 4.20. The summed E-state index contributed by atoms with van der Waals surface area (Å²) in [5.41, 5.74) is 1.14. The Bertz CT molecular complexity index is 581. The van der Waals surface area contributed by atoms with E-state index in [2.05, 4.69) is 5.32 Å². The Morgan fingerprint density at radius 2 is 1.86 bits per heavy atom. The molecule has 5 nitrogen and oxygen atoms in total. The van der Waals surface area contributed by atoms with E-state index in [0.717, 1.165) is 17.7 Å². The van der Waals surface area contributed by atoms with Crippen molar-refractivity contribution < 1.29 is 17.9 Å². The average molecular weight is 325 g/mol. The van der Waals surface area contributed by atoms with Crippen LogP contribution < -0.4 is 10.1 Å². The maximum absolute atomic E-state index is 11.9. The molecule has 0 spiro atoms. The highest BCUT2D eigenvalue weighted by atomic mass is 32.2. The first kappa shape index (κ1) is 16.8. The Balaban J connectivity index is 1.67. The molecule has 1 aromatic rings. The Morgan fingerprint density at radius 3 is 2.45 bits per heavy atom. The molecule has 0 aliphatic carbocycles. The van der Waals surface area contributed by atoms with Gasteiger partial charge in [-0.1, -0.05) is 12.1 Å². The fourth-order valence-electron chi connectivity index (χ4n) is 2.62.